The van der Waals surface area contributed by atoms with Gasteiger partial charge in [0.05, 0.1) is 21.3 Å². The molecule has 1 heterocycles. The van der Waals surface area contributed by atoms with Gasteiger partial charge in [0, 0.05) is 41.0 Å². The molecule has 2 unspecified atom stereocenters. The number of halogens is 5. The lowest BCUT2D eigenvalue weighted by atomic mass is 9.80. The van der Waals surface area contributed by atoms with Crippen molar-refractivity contribution >= 4 is 21.3 Å². The molecular formula is C23H28F5N3O2S. The summed E-state index contributed by atoms with van der Waals surface area (Å²) in [6, 6.07) is 4.90. The van der Waals surface area contributed by atoms with Gasteiger partial charge in [0.15, 0.2) is 0 Å². The maximum Gasteiger partial charge on any atom is 0.418 e. The molecule has 1 aliphatic carbocycles. The molecule has 2 aliphatic rings. The van der Waals surface area contributed by atoms with Crippen LogP contribution in [0.4, 0.5) is 27.6 Å². The summed E-state index contributed by atoms with van der Waals surface area (Å²) in [6.07, 6.45) is -3.57. The quantitative estimate of drug-likeness (QED) is 0.347. The minimum atomic E-state index is -4.72. The van der Waals surface area contributed by atoms with E-state index in [1.54, 1.807) is 0 Å². The highest BCUT2D eigenvalue weighted by atomic mass is 32.2. The molecule has 0 bridgehead atoms. The molecule has 1 fully saturated rings. The van der Waals surface area contributed by atoms with Crippen LogP contribution in [0, 0.1) is 10.7 Å². The molecule has 0 saturated heterocycles. The second-order valence-electron chi connectivity index (χ2n) is 9.03. The molecule has 1 aliphatic heterocycles. The van der Waals surface area contributed by atoms with Gasteiger partial charge in [-0.15, -0.1) is 0 Å². The van der Waals surface area contributed by atoms with Gasteiger partial charge in [0.2, 0.25) is 5.92 Å². The van der Waals surface area contributed by atoms with Crippen molar-refractivity contribution in [2.24, 2.45) is 5.92 Å². The molecule has 3 rings (SSSR count). The minimum Gasteiger partial charge on any atom is -0.381 e. The first kappa shape index (κ1) is 26.2. The Labute approximate surface area is 195 Å². The van der Waals surface area contributed by atoms with Crippen LogP contribution in [0.5, 0.6) is 0 Å². The molecule has 3 N–H and O–H groups in total. The van der Waals surface area contributed by atoms with E-state index in [0.717, 1.165) is 0 Å². The Balaban J connectivity index is 2.02. The zero-order chi connectivity index (χ0) is 25.5. The van der Waals surface area contributed by atoms with Crippen molar-refractivity contribution in [3.05, 3.63) is 46.7 Å². The Hall–Kier alpha value is -2.43. The van der Waals surface area contributed by atoms with E-state index in [4.69, 9.17) is 4.78 Å². The fourth-order valence-electron chi connectivity index (χ4n) is 4.75. The number of hydrogen-bond acceptors (Lipinski definition) is 4. The molecule has 1 amide bonds. The number of allylic oxidation sites excluding steroid dienone is 3. The molecular weight excluding hydrogens is 477 g/mol. The second kappa shape index (κ2) is 9.31. The van der Waals surface area contributed by atoms with Gasteiger partial charge in [-0.05, 0) is 62.8 Å². The van der Waals surface area contributed by atoms with Gasteiger partial charge in [-0.2, -0.15) is 13.2 Å². The van der Waals surface area contributed by atoms with Crippen LogP contribution in [0.2, 0.25) is 0 Å². The fraction of sp³-hybridized carbons (Fsp3) is 0.522. The van der Waals surface area contributed by atoms with Crippen LogP contribution in [-0.4, -0.2) is 34.5 Å². The Morgan fingerprint density at radius 2 is 1.88 bits per heavy atom. The van der Waals surface area contributed by atoms with Crippen molar-refractivity contribution in [3.63, 3.8) is 0 Å². The number of hydrogen-bond donors (Lipinski definition) is 3. The maximum atomic E-state index is 13.9. The predicted molar refractivity (Wildman–Crippen MR) is 120 cm³/mol. The number of dihydropyridines is 1. The Morgan fingerprint density at radius 3 is 2.50 bits per heavy atom. The molecule has 0 aromatic heterocycles. The first-order valence-electron chi connectivity index (χ1n) is 10.9. The zero-order valence-electron chi connectivity index (χ0n) is 19.1. The predicted octanol–water partition coefficient (Wildman–Crippen LogP) is 6.00. The number of carbonyl (C=O) groups excluding carboxylic acids is 1. The smallest absolute Gasteiger partial charge is 0.381 e. The number of alkyl halides is 5. The normalized spacial score (nSPS) is 25.3. The second-order valence-corrected chi connectivity index (χ2v) is 11.2. The van der Waals surface area contributed by atoms with Crippen LogP contribution in [0.3, 0.4) is 0 Å². The summed E-state index contributed by atoms with van der Waals surface area (Å²) < 4.78 is 89.1. The van der Waals surface area contributed by atoms with Gasteiger partial charge in [0.1, 0.15) is 0 Å². The number of nitrogens with one attached hydrogen (secondary N) is 3. The monoisotopic (exact) mass is 505 g/mol. The van der Waals surface area contributed by atoms with Gasteiger partial charge < -0.3 is 10.6 Å². The largest absolute Gasteiger partial charge is 0.418 e. The highest BCUT2D eigenvalue weighted by molar-refractivity contribution is 7.91. The third-order valence-corrected chi connectivity index (χ3v) is 7.53. The van der Waals surface area contributed by atoms with E-state index in [2.05, 4.69) is 10.6 Å². The van der Waals surface area contributed by atoms with E-state index in [9.17, 15) is 31.0 Å². The van der Waals surface area contributed by atoms with Crippen LogP contribution in [0.1, 0.15) is 46.0 Å². The van der Waals surface area contributed by atoms with Crippen LogP contribution in [0.25, 0.3) is 0 Å². The van der Waals surface area contributed by atoms with Crippen molar-refractivity contribution in [1.29, 1.82) is 4.78 Å². The third-order valence-electron chi connectivity index (χ3n) is 6.38. The van der Waals surface area contributed by atoms with E-state index in [1.165, 1.54) is 44.4 Å². The molecule has 1 aromatic rings. The van der Waals surface area contributed by atoms with Crippen molar-refractivity contribution < 1.29 is 31.0 Å². The van der Waals surface area contributed by atoms with Crippen LogP contribution in [0.15, 0.2) is 51.6 Å². The number of amides is 1. The SMILES string of the molecule is CC1=C(C(F)(F)F)C(C)=C(C(=O)Nc2cccc([S@](C)(=N)=O)c2)C(C2CCCC(F)(F)CC2)N1. The van der Waals surface area contributed by atoms with E-state index < -0.39 is 51.7 Å². The summed E-state index contributed by atoms with van der Waals surface area (Å²) in [5.41, 5.74) is -1.33. The van der Waals surface area contributed by atoms with Gasteiger partial charge in [-0.25, -0.2) is 17.8 Å². The lowest BCUT2D eigenvalue weighted by Gasteiger charge is -2.36. The third kappa shape index (κ3) is 5.79. The van der Waals surface area contributed by atoms with Crippen LogP contribution < -0.4 is 10.6 Å². The summed E-state index contributed by atoms with van der Waals surface area (Å²) in [5, 5.41) is 5.36. The summed E-state index contributed by atoms with van der Waals surface area (Å²) in [6.45, 7) is 2.49. The van der Waals surface area contributed by atoms with E-state index in [1.807, 2.05) is 0 Å². The van der Waals surface area contributed by atoms with Gasteiger partial charge in [-0.1, -0.05) is 6.07 Å². The van der Waals surface area contributed by atoms with E-state index in [0.29, 0.717) is 6.42 Å². The van der Waals surface area contributed by atoms with Crippen molar-refractivity contribution in [2.75, 3.05) is 11.6 Å². The highest BCUT2D eigenvalue weighted by Crippen LogP contribution is 2.43. The summed E-state index contributed by atoms with van der Waals surface area (Å²) in [5.74, 6) is -4.09. The average molecular weight is 506 g/mol. The lowest BCUT2D eigenvalue weighted by molar-refractivity contribution is -0.113. The first-order chi connectivity index (χ1) is 15.6. The van der Waals surface area contributed by atoms with Crippen LogP contribution in [-0.2, 0) is 14.5 Å². The topological polar surface area (TPSA) is 82.1 Å². The number of benzene rings is 1. The molecule has 11 heteroatoms. The fourth-order valence-corrected chi connectivity index (χ4v) is 5.44. The molecule has 0 radical (unpaired) electrons. The minimum absolute atomic E-state index is 0.0651. The summed E-state index contributed by atoms with van der Waals surface area (Å²) >= 11 is 0. The first-order valence-corrected chi connectivity index (χ1v) is 12.9. The zero-order valence-corrected chi connectivity index (χ0v) is 19.9. The van der Waals surface area contributed by atoms with Gasteiger partial charge >= 0.3 is 6.18 Å². The molecule has 188 valence electrons. The Kier molecular flexibility index (Phi) is 7.17. The average Bonchev–Trinajstić information content (AvgIpc) is 2.86. The molecule has 5 nitrogen and oxygen atoms in total. The molecule has 34 heavy (non-hydrogen) atoms. The molecule has 1 saturated carbocycles. The van der Waals surface area contributed by atoms with Gasteiger partial charge in [0.25, 0.3) is 5.91 Å². The Morgan fingerprint density at radius 1 is 1.21 bits per heavy atom. The summed E-state index contributed by atoms with van der Waals surface area (Å²) in [4.78, 5) is 13.5. The Bertz CT molecular complexity index is 1140. The summed E-state index contributed by atoms with van der Waals surface area (Å²) in [7, 11) is -3.08. The number of rotatable bonds is 4. The standard InChI is InChI=1S/C23H28F5N3O2S/c1-13-18(21(32)31-16-7-4-8-17(12-16)34(3,29)33)20(30-14(2)19(13)23(26,27)28)15-6-5-10-22(24,25)11-9-15/h4,7-8,12,15,20,29-30H,5-6,9-11H2,1-3H3,(H,31,32)/t15?,20?,34-/m1/s1. The van der Waals surface area contributed by atoms with Gasteiger partial charge in [-0.3, -0.25) is 4.79 Å². The molecule has 1 aromatic carbocycles. The van der Waals surface area contributed by atoms with Crippen molar-refractivity contribution in [2.45, 2.75) is 69.0 Å². The molecule has 3 atom stereocenters. The van der Waals surface area contributed by atoms with Crippen molar-refractivity contribution in [1.82, 2.24) is 5.32 Å². The maximum absolute atomic E-state index is 13.9. The van der Waals surface area contributed by atoms with Crippen molar-refractivity contribution in [3.8, 4) is 0 Å². The lowest BCUT2D eigenvalue weighted by Crippen LogP contribution is -2.45. The van der Waals surface area contributed by atoms with E-state index >= 15 is 0 Å². The molecule has 0 spiro atoms. The number of carbonyl (C=O) groups is 1. The number of anilines is 1. The van der Waals surface area contributed by atoms with Crippen LogP contribution >= 0.6 is 0 Å². The highest BCUT2D eigenvalue weighted by Gasteiger charge is 2.45. The van der Waals surface area contributed by atoms with E-state index in [-0.39, 0.29) is 46.7 Å².